The highest BCUT2D eigenvalue weighted by molar-refractivity contribution is 7.90. The molecule has 130 valence electrons. The molecule has 3 aromatic rings. The zero-order chi connectivity index (χ0) is 18.0. The fourth-order valence-corrected chi connectivity index (χ4v) is 3.55. The molecular weight excluding hydrogens is 340 g/mol. The van der Waals surface area contributed by atoms with Gasteiger partial charge in [0.1, 0.15) is 5.75 Å². The lowest BCUT2D eigenvalue weighted by Crippen LogP contribution is -2.31. The first-order valence-corrected chi connectivity index (χ1v) is 9.14. The molecule has 0 radical (unpaired) electrons. The van der Waals surface area contributed by atoms with Gasteiger partial charge >= 0.3 is 0 Å². The molecule has 1 heterocycles. The van der Waals surface area contributed by atoms with E-state index in [0.717, 1.165) is 16.5 Å². The molecule has 25 heavy (non-hydrogen) atoms. The predicted octanol–water partition coefficient (Wildman–Crippen LogP) is 2.53. The molecule has 0 fully saturated rings. The minimum Gasteiger partial charge on any atom is -0.497 e. The van der Waals surface area contributed by atoms with E-state index < -0.39 is 15.9 Å². The van der Waals surface area contributed by atoms with Crippen LogP contribution in [0.1, 0.15) is 11.1 Å². The van der Waals surface area contributed by atoms with Crippen molar-refractivity contribution in [1.29, 1.82) is 0 Å². The Morgan fingerprint density at radius 2 is 1.88 bits per heavy atom. The number of aromatic amines is 1. The van der Waals surface area contributed by atoms with Crippen LogP contribution in [-0.2, 0) is 21.2 Å². The molecule has 0 aliphatic rings. The van der Waals surface area contributed by atoms with Crippen LogP contribution in [0.2, 0.25) is 0 Å². The molecule has 0 aliphatic heterocycles. The smallest absolute Gasteiger partial charge is 0.264 e. The van der Waals surface area contributed by atoms with Crippen molar-refractivity contribution in [2.45, 2.75) is 18.2 Å². The van der Waals surface area contributed by atoms with E-state index in [1.54, 1.807) is 25.4 Å². The number of nitrogens with one attached hydrogen (secondary N) is 2. The summed E-state index contributed by atoms with van der Waals surface area (Å²) >= 11 is 0. The maximum absolute atomic E-state index is 12.3. The van der Waals surface area contributed by atoms with Gasteiger partial charge < -0.3 is 9.72 Å². The third-order valence-electron chi connectivity index (χ3n) is 3.91. The molecule has 0 aliphatic carbocycles. The third-order valence-corrected chi connectivity index (χ3v) is 5.29. The van der Waals surface area contributed by atoms with Gasteiger partial charge in [0.25, 0.3) is 10.0 Å². The molecule has 6 nitrogen and oxygen atoms in total. The lowest BCUT2D eigenvalue weighted by molar-refractivity contribution is -0.118. The summed E-state index contributed by atoms with van der Waals surface area (Å²) in [6, 6.07) is 11.8. The van der Waals surface area contributed by atoms with Crippen molar-refractivity contribution in [3.8, 4) is 5.75 Å². The van der Waals surface area contributed by atoms with E-state index in [1.807, 2.05) is 25.1 Å². The Labute approximate surface area is 145 Å². The lowest BCUT2D eigenvalue weighted by Gasteiger charge is -2.07. The Kier molecular flexibility index (Phi) is 4.50. The number of sulfonamides is 1. The number of amides is 1. The second kappa shape index (κ2) is 6.60. The van der Waals surface area contributed by atoms with Gasteiger partial charge in [-0.2, -0.15) is 0 Å². The van der Waals surface area contributed by atoms with Crippen molar-refractivity contribution < 1.29 is 17.9 Å². The second-order valence-corrected chi connectivity index (χ2v) is 7.43. The van der Waals surface area contributed by atoms with Crippen LogP contribution in [0, 0.1) is 6.92 Å². The lowest BCUT2D eigenvalue weighted by atomic mass is 10.1. The van der Waals surface area contributed by atoms with E-state index in [4.69, 9.17) is 4.74 Å². The van der Waals surface area contributed by atoms with Crippen LogP contribution in [-0.4, -0.2) is 26.4 Å². The molecule has 2 N–H and O–H groups in total. The van der Waals surface area contributed by atoms with Gasteiger partial charge in [0.15, 0.2) is 0 Å². The van der Waals surface area contributed by atoms with Gasteiger partial charge in [-0.05, 0) is 42.8 Å². The van der Waals surface area contributed by atoms with Gasteiger partial charge in [-0.25, -0.2) is 13.1 Å². The van der Waals surface area contributed by atoms with E-state index in [2.05, 4.69) is 9.71 Å². The summed E-state index contributed by atoms with van der Waals surface area (Å²) in [4.78, 5) is 15.4. The molecule has 0 bridgehead atoms. The predicted molar refractivity (Wildman–Crippen MR) is 95.1 cm³/mol. The minimum absolute atomic E-state index is 0.0573. The molecule has 0 saturated heterocycles. The van der Waals surface area contributed by atoms with Crippen LogP contribution >= 0.6 is 0 Å². The van der Waals surface area contributed by atoms with Gasteiger partial charge in [0.05, 0.1) is 18.4 Å². The van der Waals surface area contributed by atoms with E-state index in [1.165, 1.54) is 12.1 Å². The molecule has 0 atom stereocenters. The zero-order valence-electron chi connectivity index (χ0n) is 13.9. The van der Waals surface area contributed by atoms with Gasteiger partial charge in [0, 0.05) is 17.1 Å². The molecule has 0 spiro atoms. The van der Waals surface area contributed by atoms with Gasteiger partial charge in [-0.1, -0.05) is 17.7 Å². The number of hydrogen-bond acceptors (Lipinski definition) is 4. The third kappa shape index (κ3) is 3.66. The van der Waals surface area contributed by atoms with Crippen LogP contribution in [0.15, 0.2) is 53.6 Å². The fourth-order valence-electron chi connectivity index (χ4n) is 2.57. The van der Waals surface area contributed by atoms with Gasteiger partial charge in [-0.3, -0.25) is 4.79 Å². The summed E-state index contributed by atoms with van der Waals surface area (Å²) in [5, 5.41) is 0.822. The van der Waals surface area contributed by atoms with Crippen molar-refractivity contribution in [2.24, 2.45) is 0 Å². The average Bonchev–Trinajstić information content (AvgIpc) is 2.96. The Morgan fingerprint density at radius 3 is 2.56 bits per heavy atom. The number of carbonyl (C=O) groups is 1. The Bertz CT molecular complexity index is 1020. The standard InChI is InChI=1S/C18H18N2O4S/c1-12-3-6-15(7-4-12)25(22,23)20-18(21)9-13-11-19-17-8-5-14(24-2)10-16(13)17/h3-8,10-11,19H,9H2,1-2H3,(H,20,21). The first-order chi connectivity index (χ1) is 11.9. The maximum atomic E-state index is 12.3. The van der Waals surface area contributed by atoms with Gasteiger partial charge in [-0.15, -0.1) is 0 Å². The normalized spacial score (nSPS) is 11.4. The van der Waals surface area contributed by atoms with Crippen molar-refractivity contribution in [1.82, 2.24) is 9.71 Å². The van der Waals surface area contributed by atoms with E-state index in [0.29, 0.717) is 11.3 Å². The highest BCUT2D eigenvalue weighted by atomic mass is 32.2. The Balaban J connectivity index is 1.79. The molecule has 7 heteroatoms. The maximum Gasteiger partial charge on any atom is 0.264 e. The first-order valence-electron chi connectivity index (χ1n) is 7.65. The summed E-state index contributed by atoms with van der Waals surface area (Å²) in [5.41, 5.74) is 2.49. The number of benzene rings is 2. The summed E-state index contributed by atoms with van der Waals surface area (Å²) in [6.07, 6.45) is 1.64. The highest BCUT2D eigenvalue weighted by Gasteiger charge is 2.18. The van der Waals surface area contributed by atoms with Crippen LogP contribution in [0.25, 0.3) is 10.9 Å². The zero-order valence-corrected chi connectivity index (χ0v) is 14.7. The largest absolute Gasteiger partial charge is 0.497 e. The monoisotopic (exact) mass is 358 g/mol. The summed E-state index contributed by atoms with van der Waals surface area (Å²) < 4.78 is 31.9. The van der Waals surface area contributed by atoms with E-state index in [-0.39, 0.29) is 11.3 Å². The van der Waals surface area contributed by atoms with E-state index >= 15 is 0 Å². The molecular formula is C18H18N2O4S. The highest BCUT2D eigenvalue weighted by Crippen LogP contribution is 2.24. The van der Waals surface area contributed by atoms with Crippen molar-refractivity contribution in [2.75, 3.05) is 7.11 Å². The molecule has 0 saturated carbocycles. The molecule has 1 amide bonds. The number of rotatable bonds is 5. The van der Waals surface area contributed by atoms with Gasteiger partial charge in [0.2, 0.25) is 5.91 Å². The number of aromatic nitrogens is 1. The molecule has 2 aromatic carbocycles. The number of methoxy groups -OCH3 is 1. The molecule has 0 unspecified atom stereocenters. The summed E-state index contributed by atoms with van der Waals surface area (Å²) in [6.45, 7) is 1.86. The average molecular weight is 358 g/mol. The number of hydrogen-bond donors (Lipinski definition) is 2. The second-order valence-electron chi connectivity index (χ2n) is 5.74. The SMILES string of the molecule is COc1ccc2[nH]cc(CC(=O)NS(=O)(=O)c3ccc(C)cc3)c2c1. The van der Waals surface area contributed by atoms with Crippen LogP contribution in [0.4, 0.5) is 0 Å². The quantitative estimate of drug-likeness (QED) is 0.734. The Hall–Kier alpha value is -2.80. The van der Waals surface area contributed by atoms with Crippen molar-refractivity contribution in [3.63, 3.8) is 0 Å². The number of aryl methyl sites for hydroxylation is 1. The number of H-pyrrole nitrogens is 1. The van der Waals surface area contributed by atoms with Crippen molar-refractivity contribution in [3.05, 3.63) is 59.8 Å². The molecule has 3 rings (SSSR count). The van der Waals surface area contributed by atoms with Crippen molar-refractivity contribution >= 4 is 26.8 Å². The molecule has 1 aromatic heterocycles. The number of carbonyl (C=O) groups excluding carboxylic acids is 1. The summed E-state index contributed by atoms with van der Waals surface area (Å²) in [5.74, 6) is 0.0744. The van der Waals surface area contributed by atoms with Crippen LogP contribution in [0.3, 0.4) is 0 Å². The fraction of sp³-hybridized carbons (Fsp3) is 0.167. The summed E-state index contributed by atoms with van der Waals surface area (Å²) in [7, 11) is -2.32. The number of ether oxygens (including phenoxy) is 1. The minimum atomic E-state index is -3.88. The Morgan fingerprint density at radius 1 is 1.16 bits per heavy atom. The topological polar surface area (TPSA) is 88.3 Å². The van der Waals surface area contributed by atoms with Crippen LogP contribution < -0.4 is 9.46 Å². The van der Waals surface area contributed by atoms with Crippen LogP contribution in [0.5, 0.6) is 5.75 Å². The first kappa shape index (κ1) is 17.0. The number of fused-ring (bicyclic) bond motifs is 1. The van der Waals surface area contributed by atoms with E-state index in [9.17, 15) is 13.2 Å².